The van der Waals surface area contributed by atoms with Gasteiger partial charge in [-0.3, -0.25) is 0 Å². The average molecular weight is 276 g/mol. The van der Waals surface area contributed by atoms with Crippen LogP contribution in [-0.2, 0) is 17.7 Å². The van der Waals surface area contributed by atoms with Crippen LogP contribution in [0.15, 0.2) is 24.3 Å². The van der Waals surface area contributed by atoms with Crippen molar-refractivity contribution in [1.29, 1.82) is 0 Å². The number of fused-ring (bicyclic) bond motifs is 1. The molecule has 4 nitrogen and oxygen atoms in total. The summed E-state index contributed by atoms with van der Waals surface area (Å²) in [6.45, 7) is 6.98. The third kappa shape index (κ3) is 3.58. The Morgan fingerprint density at radius 2 is 2.05 bits per heavy atom. The first-order valence-electron chi connectivity index (χ1n) is 7.35. The van der Waals surface area contributed by atoms with Gasteiger partial charge in [-0.15, -0.1) is 0 Å². The van der Waals surface area contributed by atoms with Crippen LogP contribution in [0, 0.1) is 0 Å². The number of hydrogen-bond donors (Lipinski definition) is 1. The molecule has 1 unspecified atom stereocenters. The summed E-state index contributed by atoms with van der Waals surface area (Å²) in [5, 5.41) is 10.1. The van der Waals surface area contributed by atoms with E-state index in [-0.39, 0.29) is 6.10 Å². The molecule has 0 saturated heterocycles. The molecule has 4 heteroatoms. The molecule has 0 amide bonds. The van der Waals surface area contributed by atoms with Crippen molar-refractivity contribution < 1.29 is 9.84 Å². The summed E-state index contributed by atoms with van der Waals surface area (Å²) in [6.07, 6.45) is 1.60. The van der Waals surface area contributed by atoms with Gasteiger partial charge in [-0.25, -0.2) is 4.98 Å². The molecule has 110 valence electrons. The minimum absolute atomic E-state index is 0.138. The molecule has 1 heterocycles. The summed E-state index contributed by atoms with van der Waals surface area (Å²) in [7, 11) is 0. The van der Waals surface area contributed by atoms with E-state index in [9.17, 15) is 5.11 Å². The van der Waals surface area contributed by atoms with E-state index in [1.54, 1.807) is 0 Å². The standard InChI is InChI=1S/C16H24N2O2/c1-4-7-16-17-14-8-5-6-9-15(14)18(16)10-13(19)11-20-12(2)3/h5-6,8-9,12-13,19H,4,7,10-11H2,1-3H3. The molecule has 1 aromatic carbocycles. The van der Waals surface area contributed by atoms with Gasteiger partial charge in [-0.2, -0.15) is 0 Å². The SMILES string of the molecule is CCCc1nc2ccccc2n1CC(O)COC(C)C. The maximum Gasteiger partial charge on any atom is 0.109 e. The minimum atomic E-state index is -0.509. The lowest BCUT2D eigenvalue weighted by molar-refractivity contribution is -0.000560. The van der Waals surface area contributed by atoms with Crippen molar-refractivity contribution >= 4 is 11.0 Å². The first kappa shape index (κ1) is 15.0. The summed E-state index contributed by atoms with van der Waals surface area (Å²) in [5.41, 5.74) is 2.08. The van der Waals surface area contributed by atoms with Crippen LogP contribution >= 0.6 is 0 Å². The molecule has 1 atom stereocenters. The predicted molar refractivity (Wildman–Crippen MR) is 80.8 cm³/mol. The molecule has 0 aliphatic heterocycles. The third-order valence-corrected chi connectivity index (χ3v) is 3.22. The average Bonchev–Trinajstić information content (AvgIpc) is 2.75. The molecular formula is C16H24N2O2. The van der Waals surface area contributed by atoms with Crippen LogP contribution in [0.4, 0.5) is 0 Å². The van der Waals surface area contributed by atoms with Crippen molar-refractivity contribution in [3.8, 4) is 0 Å². The van der Waals surface area contributed by atoms with E-state index in [1.165, 1.54) is 0 Å². The van der Waals surface area contributed by atoms with Gasteiger partial charge in [0.15, 0.2) is 0 Å². The molecule has 2 aromatic rings. The summed E-state index contributed by atoms with van der Waals surface area (Å²) in [6, 6.07) is 8.07. The summed E-state index contributed by atoms with van der Waals surface area (Å²) in [5.74, 6) is 1.04. The van der Waals surface area contributed by atoms with Gasteiger partial charge in [-0.1, -0.05) is 19.1 Å². The Hall–Kier alpha value is -1.39. The summed E-state index contributed by atoms with van der Waals surface area (Å²) in [4.78, 5) is 4.66. The molecule has 0 aliphatic carbocycles. The van der Waals surface area contributed by atoms with Crippen molar-refractivity contribution in [3.05, 3.63) is 30.1 Å². The molecule has 1 aromatic heterocycles. The second kappa shape index (κ2) is 6.86. The highest BCUT2D eigenvalue weighted by atomic mass is 16.5. The smallest absolute Gasteiger partial charge is 0.109 e. The van der Waals surface area contributed by atoms with Crippen LogP contribution in [0.1, 0.15) is 33.0 Å². The number of benzene rings is 1. The van der Waals surface area contributed by atoms with E-state index in [0.717, 1.165) is 29.7 Å². The highest BCUT2D eigenvalue weighted by Crippen LogP contribution is 2.17. The molecule has 0 radical (unpaired) electrons. The van der Waals surface area contributed by atoms with Crippen LogP contribution < -0.4 is 0 Å². The second-order valence-corrected chi connectivity index (χ2v) is 5.41. The quantitative estimate of drug-likeness (QED) is 0.846. The van der Waals surface area contributed by atoms with Gasteiger partial charge >= 0.3 is 0 Å². The van der Waals surface area contributed by atoms with Gasteiger partial charge in [0.25, 0.3) is 0 Å². The molecule has 2 rings (SSSR count). The number of imidazole rings is 1. The molecule has 0 fully saturated rings. The fourth-order valence-electron chi connectivity index (χ4n) is 2.31. The first-order chi connectivity index (χ1) is 9.61. The topological polar surface area (TPSA) is 47.3 Å². The number of aryl methyl sites for hydroxylation is 1. The molecular weight excluding hydrogens is 252 g/mol. The lowest BCUT2D eigenvalue weighted by Crippen LogP contribution is -2.24. The number of para-hydroxylation sites is 2. The Labute approximate surface area is 120 Å². The zero-order chi connectivity index (χ0) is 14.5. The molecule has 0 saturated carbocycles. The maximum absolute atomic E-state index is 10.1. The van der Waals surface area contributed by atoms with Gasteiger partial charge in [-0.05, 0) is 32.4 Å². The van der Waals surface area contributed by atoms with Crippen LogP contribution in [0.3, 0.4) is 0 Å². The van der Waals surface area contributed by atoms with Gasteiger partial charge in [0.1, 0.15) is 5.82 Å². The van der Waals surface area contributed by atoms with Crippen molar-refractivity contribution in [1.82, 2.24) is 9.55 Å². The highest BCUT2D eigenvalue weighted by Gasteiger charge is 2.14. The fraction of sp³-hybridized carbons (Fsp3) is 0.562. The minimum Gasteiger partial charge on any atom is -0.389 e. The Kier molecular flexibility index (Phi) is 5.15. The normalized spacial score (nSPS) is 13.2. The number of aliphatic hydroxyl groups excluding tert-OH is 1. The number of aliphatic hydroxyl groups is 1. The van der Waals surface area contributed by atoms with E-state index >= 15 is 0 Å². The zero-order valence-electron chi connectivity index (χ0n) is 12.5. The van der Waals surface area contributed by atoms with E-state index in [0.29, 0.717) is 13.2 Å². The first-order valence-corrected chi connectivity index (χ1v) is 7.35. The molecule has 1 N–H and O–H groups in total. The maximum atomic E-state index is 10.1. The Morgan fingerprint density at radius 3 is 2.75 bits per heavy atom. The number of aromatic nitrogens is 2. The lowest BCUT2D eigenvalue weighted by atomic mass is 10.3. The Bertz CT molecular complexity index is 548. The highest BCUT2D eigenvalue weighted by molar-refractivity contribution is 5.75. The van der Waals surface area contributed by atoms with Crippen LogP contribution in [-0.4, -0.2) is 33.5 Å². The van der Waals surface area contributed by atoms with E-state index < -0.39 is 6.10 Å². The van der Waals surface area contributed by atoms with E-state index in [4.69, 9.17) is 4.74 Å². The number of ether oxygens (including phenoxy) is 1. The lowest BCUT2D eigenvalue weighted by Gasteiger charge is -2.16. The summed E-state index contributed by atoms with van der Waals surface area (Å²) >= 11 is 0. The van der Waals surface area contributed by atoms with Crippen molar-refractivity contribution in [2.45, 2.75) is 52.4 Å². The largest absolute Gasteiger partial charge is 0.389 e. The summed E-state index contributed by atoms with van der Waals surface area (Å²) < 4.78 is 7.60. The molecule has 0 aliphatic rings. The number of hydrogen-bond acceptors (Lipinski definition) is 3. The van der Waals surface area contributed by atoms with Crippen LogP contribution in [0.25, 0.3) is 11.0 Å². The number of rotatable bonds is 7. The molecule has 0 spiro atoms. The van der Waals surface area contributed by atoms with E-state index in [1.807, 2.05) is 32.0 Å². The van der Waals surface area contributed by atoms with Gasteiger partial charge in [0.2, 0.25) is 0 Å². The van der Waals surface area contributed by atoms with E-state index in [2.05, 4.69) is 22.5 Å². The monoisotopic (exact) mass is 276 g/mol. The second-order valence-electron chi connectivity index (χ2n) is 5.41. The molecule has 20 heavy (non-hydrogen) atoms. The Balaban J connectivity index is 2.20. The predicted octanol–water partition coefficient (Wildman–Crippen LogP) is 2.77. The third-order valence-electron chi connectivity index (χ3n) is 3.22. The van der Waals surface area contributed by atoms with Crippen molar-refractivity contribution in [2.75, 3.05) is 6.61 Å². The van der Waals surface area contributed by atoms with Crippen molar-refractivity contribution in [3.63, 3.8) is 0 Å². The molecule has 0 bridgehead atoms. The Morgan fingerprint density at radius 1 is 1.30 bits per heavy atom. The van der Waals surface area contributed by atoms with Gasteiger partial charge < -0.3 is 14.4 Å². The van der Waals surface area contributed by atoms with Crippen LogP contribution in [0.2, 0.25) is 0 Å². The van der Waals surface area contributed by atoms with Gasteiger partial charge in [0.05, 0.1) is 36.4 Å². The van der Waals surface area contributed by atoms with Gasteiger partial charge in [0, 0.05) is 6.42 Å². The zero-order valence-corrected chi connectivity index (χ0v) is 12.5. The van der Waals surface area contributed by atoms with Crippen molar-refractivity contribution in [2.24, 2.45) is 0 Å². The van der Waals surface area contributed by atoms with Crippen LogP contribution in [0.5, 0.6) is 0 Å². The fourth-order valence-corrected chi connectivity index (χ4v) is 2.31. The number of nitrogens with zero attached hydrogens (tertiary/aromatic N) is 2.